The van der Waals surface area contributed by atoms with Gasteiger partial charge >= 0.3 is 0 Å². The Kier molecular flexibility index (Phi) is 3.40. The molecule has 1 aromatic carbocycles. The molecular formula is C14H16BrN3O2. The molecule has 6 heteroatoms. The van der Waals surface area contributed by atoms with Crippen LogP contribution in [0.5, 0.6) is 0 Å². The largest absolute Gasteiger partial charge is 0.379 e. The Morgan fingerprint density at radius 1 is 1.45 bits per heavy atom. The van der Waals surface area contributed by atoms with Gasteiger partial charge in [0.05, 0.1) is 18.6 Å². The molecule has 2 atom stereocenters. The van der Waals surface area contributed by atoms with E-state index >= 15 is 0 Å². The zero-order chi connectivity index (χ0) is 14.3. The summed E-state index contributed by atoms with van der Waals surface area (Å²) in [5, 5.41) is 4.09. The van der Waals surface area contributed by atoms with Crippen LogP contribution in [0.3, 0.4) is 0 Å². The maximum atomic E-state index is 6.08. The highest BCUT2D eigenvalue weighted by Gasteiger charge is 2.44. The molecular weight excluding hydrogens is 322 g/mol. The second-order valence-electron chi connectivity index (χ2n) is 5.42. The highest BCUT2D eigenvalue weighted by Crippen LogP contribution is 2.32. The van der Waals surface area contributed by atoms with Crippen molar-refractivity contribution in [3.05, 3.63) is 34.1 Å². The van der Waals surface area contributed by atoms with E-state index in [9.17, 15) is 0 Å². The fraction of sp³-hybridized carbons (Fsp3) is 0.429. The molecule has 20 heavy (non-hydrogen) atoms. The lowest BCUT2D eigenvalue weighted by Crippen LogP contribution is -2.42. The topological polar surface area (TPSA) is 74.2 Å². The van der Waals surface area contributed by atoms with Gasteiger partial charge in [0.15, 0.2) is 0 Å². The minimum Gasteiger partial charge on any atom is -0.379 e. The predicted molar refractivity (Wildman–Crippen MR) is 78.3 cm³/mol. The molecule has 2 aromatic rings. The van der Waals surface area contributed by atoms with Gasteiger partial charge in [0.25, 0.3) is 0 Å². The lowest BCUT2D eigenvalue weighted by molar-refractivity contribution is 0.169. The van der Waals surface area contributed by atoms with Crippen LogP contribution >= 0.6 is 15.9 Å². The number of nitrogens with zero attached hydrogens (tertiary/aromatic N) is 2. The number of aromatic nitrogens is 2. The predicted octanol–water partition coefficient (Wildman–Crippen LogP) is 2.42. The van der Waals surface area contributed by atoms with Crippen LogP contribution in [0.4, 0.5) is 0 Å². The number of aryl methyl sites for hydroxylation is 1. The fourth-order valence-electron chi connectivity index (χ4n) is 2.35. The molecule has 3 rings (SSSR count). The van der Waals surface area contributed by atoms with E-state index in [1.165, 1.54) is 0 Å². The maximum absolute atomic E-state index is 6.08. The Labute approximate surface area is 125 Å². The van der Waals surface area contributed by atoms with Crippen LogP contribution in [-0.4, -0.2) is 29.4 Å². The first kappa shape index (κ1) is 13.7. The Bertz CT molecular complexity index is 643. The van der Waals surface area contributed by atoms with Crippen molar-refractivity contribution in [3.63, 3.8) is 0 Å². The summed E-state index contributed by atoms with van der Waals surface area (Å²) in [5.41, 5.74) is 7.72. The quantitative estimate of drug-likeness (QED) is 0.910. The minimum atomic E-state index is -0.408. The van der Waals surface area contributed by atoms with Gasteiger partial charge in [0.2, 0.25) is 11.7 Å². The van der Waals surface area contributed by atoms with E-state index < -0.39 is 5.41 Å². The summed E-state index contributed by atoms with van der Waals surface area (Å²) >= 11 is 3.45. The highest BCUT2D eigenvalue weighted by atomic mass is 79.9. The van der Waals surface area contributed by atoms with Crippen molar-refractivity contribution in [3.8, 4) is 11.4 Å². The van der Waals surface area contributed by atoms with E-state index in [0.717, 1.165) is 15.6 Å². The lowest BCUT2D eigenvalue weighted by Gasteiger charge is -2.21. The first-order chi connectivity index (χ1) is 9.50. The molecule has 1 fully saturated rings. The molecule has 5 nitrogen and oxygen atoms in total. The zero-order valence-electron chi connectivity index (χ0n) is 11.4. The van der Waals surface area contributed by atoms with Crippen LogP contribution < -0.4 is 5.73 Å². The van der Waals surface area contributed by atoms with Crippen LogP contribution in [0.25, 0.3) is 11.4 Å². The Hall–Kier alpha value is -1.24. The normalized spacial score (nSPS) is 26.1. The fourth-order valence-corrected chi connectivity index (χ4v) is 2.83. The van der Waals surface area contributed by atoms with Gasteiger partial charge < -0.3 is 15.0 Å². The van der Waals surface area contributed by atoms with E-state index in [1.807, 2.05) is 32.0 Å². The van der Waals surface area contributed by atoms with Crippen LogP contribution in [0, 0.1) is 6.92 Å². The Morgan fingerprint density at radius 2 is 2.25 bits per heavy atom. The van der Waals surface area contributed by atoms with Gasteiger partial charge in [-0.25, -0.2) is 0 Å². The molecule has 2 N–H and O–H groups in total. The number of hydrogen-bond acceptors (Lipinski definition) is 5. The van der Waals surface area contributed by atoms with Crippen molar-refractivity contribution in [2.24, 2.45) is 5.73 Å². The molecule has 0 amide bonds. The van der Waals surface area contributed by atoms with Crippen LogP contribution in [-0.2, 0) is 10.2 Å². The molecule has 106 valence electrons. The van der Waals surface area contributed by atoms with Crippen molar-refractivity contribution in [1.82, 2.24) is 10.1 Å². The van der Waals surface area contributed by atoms with Gasteiger partial charge in [0.1, 0.15) is 0 Å². The molecule has 1 aliphatic heterocycles. The van der Waals surface area contributed by atoms with Crippen molar-refractivity contribution in [1.29, 1.82) is 0 Å². The second kappa shape index (κ2) is 4.95. The number of nitrogens with two attached hydrogens (primary N) is 1. The summed E-state index contributed by atoms with van der Waals surface area (Å²) in [6, 6.07) is 5.84. The molecule has 0 spiro atoms. The molecule has 0 radical (unpaired) electrons. The average Bonchev–Trinajstić information content (AvgIpc) is 2.99. The highest BCUT2D eigenvalue weighted by molar-refractivity contribution is 9.10. The molecule has 0 aliphatic carbocycles. The van der Waals surface area contributed by atoms with E-state index in [0.29, 0.717) is 24.9 Å². The van der Waals surface area contributed by atoms with Crippen LogP contribution in [0.2, 0.25) is 0 Å². The van der Waals surface area contributed by atoms with Crippen molar-refractivity contribution in [2.45, 2.75) is 25.3 Å². The van der Waals surface area contributed by atoms with Gasteiger partial charge in [0, 0.05) is 16.1 Å². The summed E-state index contributed by atoms with van der Waals surface area (Å²) < 4.78 is 11.9. The van der Waals surface area contributed by atoms with Crippen LogP contribution in [0.1, 0.15) is 18.4 Å². The molecule has 0 saturated carbocycles. The number of hydrogen-bond donors (Lipinski definition) is 1. The number of benzene rings is 1. The molecule has 1 aliphatic rings. The first-order valence-electron chi connectivity index (χ1n) is 6.45. The third-order valence-corrected chi connectivity index (χ3v) is 4.35. The average molecular weight is 338 g/mol. The van der Waals surface area contributed by atoms with Crippen molar-refractivity contribution >= 4 is 15.9 Å². The van der Waals surface area contributed by atoms with Gasteiger partial charge in [-0.05, 0) is 37.6 Å². The van der Waals surface area contributed by atoms with Gasteiger partial charge in [-0.3, -0.25) is 0 Å². The van der Waals surface area contributed by atoms with Crippen LogP contribution in [0.15, 0.2) is 27.2 Å². The maximum Gasteiger partial charge on any atom is 0.236 e. The summed E-state index contributed by atoms with van der Waals surface area (Å²) in [4.78, 5) is 4.52. The van der Waals surface area contributed by atoms with Crippen molar-refractivity contribution in [2.75, 3.05) is 13.2 Å². The monoisotopic (exact) mass is 337 g/mol. The van der Waals surface area contributed by atoms with Gasteiger partial charge in [-0.1, -0.05) is 21.1 Å². The third-order valence-electron chi connectivity index (χ3n) is 3.86. The molecule has 1 saturated heterocycles. The zero-order valence-corrected chi connectivity index (χ0v) is 13.0. The number of ether oxygens (including phenoxy) is 1. The summed E-state index contributed by atoms with van der Waals surface area (Å²) in [6.45, 7) is 5.04. The molecule has 1 aromatic heterocycles. The summed E-state index contributed by atoms with van der Waals surface area (Å²) in [5.74, 6) is 1.13. The van der Waals surface area contributed by atoms with E-state index in [-0.39, 0.29) is 6.04 Å². The van der Waals surface area contributed by atoms with E-state index in [2.05, 4.69) is 26.1 Å². The Balaban J connectivity index is 1.98. The molecule has 2 heterocycles. The van der Waals surface area contributed by atoms with E-state index in [4.69, 9.17) is 15.0 Å². The number of halogens is 1. The Morgan fingerprint density at radius 3 is 2.90 bits per heavy atom. The number of rotatable bonds is 2. The smallest absolute Gasteiger partial charge is 0.236 e. The van der Waals surface area contributed by atoms with Crippen molar-refractivity contribution < 1.29 is 9.26 Å². The summed E-state index contributed by atoms with van der Waals surface area (Å²) in [7, 11) is 0. The van der Waals surface area contributed by atoms with Gasteiger partial charge in [-0.2, -0.15) is 4.98 Å². The first-order valence-corrected chi connectivity index (χ1v) is 7.24. The lowest BCUT2D eigenvalue weighted by atomic mass is 9.86. The minimum absolute atomic E-state index is 0.123. The second-order valence-corrected chi connectivity index (χ2v) is 6.34. The SMILES string of the molecule is Cc1cc(Br)ccc1-c1noc(C2(C)COCC2N)n1. The van der Waals surface area contributed by atoms with Gasteiger partial charge in [-0.15, -0.1) is 0 Å². The molecule has 0 bridgehead atoms. The third kappa shape index (κ3) is 2.17. The molecule has 2 unspecified atom stereocenters. The van der Waals surface area contributed by atoms with E-state index in [1.54, 1.807) is 0 Å². The summed E-state index contributed by atoms with van der Waals surface area (Å²) in [6.07, 6.45) is 0. The standard InChI is InChI=1S/C14H16BrN3O2/c1-8-5-9(15)3-4-10(8)12-17-13(20-18-12)14(2)7-19-6-11(14)16/h3-5,11H,6-7,16H2,1-2H3.